The fourth-order valence-corrected chi connectivity index (χ4v) is 3.92. The van der Waals surface area contributed by atoms with Crippen molar-refractivity contribution in [3.63, 3.8) is 0 Å². The number of amidine groups is 1. The van der Waals surface area contributed by atoms with Gasteiger partial charge in [0.15, 0.2) is 5.17 Å². The van der Waals surface area contributed by atoms with E-state index < -0.39 is 0 Å². The van der Waals surface area contributed by atoms with Gasteiger partial charge in [0.1, 0.15) is 0 Å². The van der Waals surface area contributed by atoms with E-state index >= 15 is 0 Å². The highest BCUT2D eigenvalue weighted by Gasteiger charge is 2.36. The van der Waals surface area contributed by atoms with Gasteiger partial charge >= 0.3 is 0 Å². The Balaban J connectivity index is 1.54. The van der Waals surface area contributed by atoms with E-state index in [1.54, 1.807) is 6.20 Å². The Labute approximate surface area is 112 Å². The molecule has 1 fully saturated rings. The van der Waals surface area contributed by atoms with Gasteiger partial charge in [-0.2, -0.15) is 0 Å². The molecule has 1 aromatic heterocycles. The third-order valence-corrected chi connectivity index (χ3v) is 5.21. The number of hydrogen-bond donors (Lipinski definition) is 1. The van der Waals surface area contributed by atoms with Gasteiger partial charge in [-0.05, 0) is 29.9 Å². The molecule has 1 aliphatic heterocycles. The first-order chi connectivity index (χ1) is 8.86. The molecular formula is C14H19N3S. The lowest BCUT2D eigenvalue weighted by Crippen LogP contribution is -2.33. The number of thioether (sulfide) groups is 1. The number of hydrogen-bond acceptors (Lipinski definition) is 4. The van der Waals surface area contributed by atoms with Crippen LogP contribution >= 0.6 is 11.8 Å². The fraction of sp³-hybridized carbons (Fsp3) is 0.571. The van der Waals surface area contributed by atoms with Crippen molar-refractivity contribution < 1.29 is 0 Å². The van der Waals surface area contributed by atoms with Gasteiger partial charge in [0, 0.05) is 31.2 Å². The Morgan fingerprint density at radius 1 is 1.33 bits per heavy atom. The molecule has 3 nitrogen and oxygen atoms in total. The molecule has 3 rings (SSSR count). The molecule has 1 saturated carbocycles. The van der Waals surface area contributed by atoms with Crippen molar-refractivity contribution in [1.82, 2.24) is 10.3 Å². The van der Waals surface area contributed by atoms with Crippen LogP contribution in [0.5, 0.6) is 0 Å². The maximum atomic E-state index is 4.73. The molecule has 0 unspecified atom stereocenters. The quantitative estimate of drug-likeness (QED) is 0.889. The summed E-state index contributed by atoms with van der Waals surface area (Å²) in [5.41, 5.74) is 1.74. The Bertz CT molecular complexity index is 424. The average molecular weight is 261 g/mol. The van der Waals surface area contributed by atoms with Crippen LogP contribution in [0.2, 0.25) is 0 Å². The summed E-state index contributed by atoms with van der Waals surface area (Å²) < 4.78 is 0. The Morgan fingerprint density at radius 2 is 2.22 bits per heavy atom. The number of nitrogens with one attached hydrogen (secondary N) is 1. The van der Waals surface area contributed by atoms with Crippen molar-refractivity contribution in [2.45, 2.75) is 32.2 Å². The van der Waals surface area contributed by atoms with E-state index in [0.717, 1.165) is 18.3 Å². The molecule has 0 aromatic carbocycles. The van der Waals surface area contributed by atoms with Crippen LogP contribution in [-0.4, -0.2) is 22.4 Å². The van der Waals surface area contributed by atoms with Crippen LogP contribution in [0.3, 0.4) is 0 Å². The van der Waals surface area contributed by atoms with Crippen molar-refractivity contribution in [3.05, 3.63) is 30.1 Å². The predicted molar refractivity (Wildman–Crippen MR) is 76.7 cm³/mol. The summed E-state index contributed by atoms with van der Waals surface area (Å²) in [6, 6.07) is 4.06. The highest BCUT2D eigenvalue weighted by Crippen LogP contribution is 2.43. The molecule has 0 amide bonds. The normalized spacial score (nSPS) is 21.9. The minimum absolute atomic E-state index is 0.532. The van der Waals surface area contributed by atoms with Crippen LogP contribution in [0, 0.1) is 5.41 Å². The van der Waals surface area contributed by atoms with E-state index in [1.165, 1.54) is 37.0 Å². The van der Waals surface area contributed by atoms with Crippen molar-refractivity contribution >= 4 is 16.9 Å². The number of nitrogens with zero attached hydrogens (tertiary/aromatic N) is 2. The number of pyridine rings is 1. The maximum Gasteiger partial charge on any atom is 0.156 e. The van der Waals surface area contributed by atoms with Crippen LogP contribution < -0.4 is 5.32 Å². The van der Waals surface area contributed by atoms with E-state index in [9.17, 15) is 0 Å². The molecule has 0 atom stereocenters. The van der Waals surface area contributed by atoms with Gasteiger partial charge in [-0.25, -0.2) is 0 Å². The largest absolute Gasteiger partial charge is 0.361 e. The first-order valence-corrected chi connectivity index (χ1v) is 7.65. The van der Waals surface area contributed by atoms with Gasteiger partial charge < -0.3 is 5.32 Å². The second kappa shape index (κ2) is 5.31. The molecule has 0 bridgehead atoms. The lowest BCUT2D eigenvalue weighted by atomic mass is 9.89. The summed E-state index contributed by atoms with van der Waals surface area (Å²) in [5.74, 6) is 1.24. The molecule has 1 aromatic rings. The summed E-state index contributed by atoms with van der Waals surface area (Å²) in [7, 11) is 0. The zero-order valence-corrected chi connectivity index (χ0v) is 11.4. The van der Waals surface area contributed by atoms with Crippen molar-refractivity contribution in [1.29, 1.82) is 0 Å². The number of aliphatic imine (C=N–C) groups is 1. The summed E-state index contributed by atoms with van der Waals surface area (Å²) in [6.07, 6.45) is 9.25. The van der Waals surface area contributed by atoms with Crippen molar-refractivity contribution in [2.24, 2.45) is 10.4 Å². The van der Waals surface area contributed by atoms with Crippen LogP contribution in [0.4, 0.5) is 0 Å². The van der Waals surface area contributed by atoms with Crippen LogP contribution in [0.1, 0.15) is 31.2 Å². The zero-order chi connectivity index (χ0) is 12.3. The predicted octanol–water partition coefficient (Wildman–Crippen LogP) is 2.83. The second-order valence-electron chi connectivity index (χ2n) is 5.33. The third kappa shape index (κ3) is 2.69. The zero-order valence-electron chi connectivity index (χ0n) is 10.6. The fourth-order valence-electron chi connectivity index (χ4n) is 2.77. The topological polar surface area (TPSA) is 37.3 Å². The third-order valence-electron chi connectivity index (χ3n) is 3.90. The molecule has 0 radical (unpaired) electrons. The number of aromatic nitrogens is 1. The molecular weight excluding hydrogens is 242 g/mol. The van der Waals surface area contributed by atoms with Gasteiger partial charge in [0.05, 0.1) is 0 Å². The molecule has 2 aliphatic rings. The Kier molecular flexibility index (Phi) is 3.55. The smallest absolute Gasteiger partial charge is 0.156 e. The first kappa shape index (κ1) is 12.0. The SMILES string of the molecule is c1cncc(CNC2=NCC3(CCCC3)CS2)c1. The lowest BCUT2D eigenvalue weighted by molar-refractivity contribution is 0.358. The van der Waals surface area contributed by atoms with Crippen LogP contribution in [0.15, 0.2) is 29.5 Å². The van der Waals surface area contributed by atoms with Gasteiger partial charge in [-0.3, -0.25) is 9.98 Å². The molecule has 1 aliphatic carbocycles. The average Bonchev–Trinajstić information content (AvgIpc) is 2.88. The van der Waals surface area contributed by atoms with Crippen molar-refractivity contribution in [3.8, 4) is 0 Å². The van der Waals surface area contributed by atoms with Crippen LogP contribution in [-0.2, 0) is 6.54 Å². The first-order valence-electron chi connectivity index (χ1n) is 6.66. The van der Waals surface area contributed by atoms with Gasteiger partial charge in [-0.15, -0.1) is 0 Å². The standard InChI is InChI=1S/C14H19N3S/c1-2-6-14(5-1)10-17-13(18-11-14)16-9-12-4-3-7-15-8-12/h3-4,7-8H,1-2,5-6,9-11H2,(H,16,17). The molecule has 2 heterocycles. The Morgan fingerprint density at radius 3 is 2.89 bits per heavy atom. The van der Waals surface area contributed by atoms with E-state index in [0.29, 0.717) is 5.41 Å². The van der Waals surface area contributed by atoms with Crippen molar-refractivity contribution in [2.75, 3.05) is 12.3 Å². The molecule has 4 heteroatoms. The van der Waals surface area contributed by atoms with E-state index in [4.69, 9.17) is 4.99 Å². The van der Waals surface area contributed by atoms with E-state index in [2.05, 4.69) is 16.4 Å². The van der Waals surface area contributed by atoms with Gasteiger partial charge in [-0.1, -0.05) is 30.7 Å². The Hall–Kier alpha value is -1.03. The van der Waals surface area contributed by atoms with E-state index in [1.807, 2.05) is 24.0 Å². The minimum Gasteiger partial charge on any atom is -0.361 e. The molecule has 1 N–H and O–H groups in total. The lowest BCUT2D eigenvalue weighted by Gasteiger charge is -2.31. The molecule has 1 spiro atoms. The molecule has 18 heavy (non-hydrogen) atoms. The van der Waals surface area contributed by atoms with Gasteiger partial charge in [0.2, 0.25) is 0 Å². The van der Waals surface area contributed by atoms with Gasteiger partial charge in [0.25, 0.3) is 0 Å². The maximum absolute atomic E-state index is 4.73. The summed E-state index contributed by atoms with van der Waals surface area (Å²) in [4.78, 5) is 8.85. The number of rotatable bonds is 2. The minimum atomic E-state index is 0.532. The summed E-state index contributed by atoms with van der Waals surface area (Å²) >= 11 is 1.90. The van der Waals surface area contributed by atoms with E-state index in [-0.39, 0.29) is 0 Å². The molecule has 0 saturated heterocycles. The summed E-state index contributed by atoms with van der Waals surface area (Å²) in [6.45, 7) is 1.85. The molecule has 96 valence electrons. The van der Waals surface area contributed by atoms with Crippen LogP contribution in [0.25, 0.3) is 0 Å². The monoisotopic (exact) mass is 261 g/mol. The second-order valence-corrected chi connectivity index (χ2v) is 6.30. The highest BCUT2D eigenvalue weighted by atomic mass is 32.2. The highest BCUT2D eigenvalue weighted by molar-refractivity contribution is 8.13. The summed E-state index contributed by atoms with van der Waals surface area (Å²) in [5, 5.41) is 4.52.